The van der Waals surface area contributed by atoms with E-state index in [0.29, 0.717) is 36.0 Å². The largest absolute Gasteiger partial charge is 0.490 e. The SMILES string of the molecule is CCC(COc1ccc(OC(=O)c2ccc(N)c(C)c2)cc1)Oc1ccc(OC(C)(C)C)cc1.CCSOCc1ccc(N)c(C)c1. The van der Waals surface area contributed by atoms with E-state index in [9.17, 15) is 4.79 Å². The second-order valence-electron chi connectivity index (χ2n) is 11.9. The summed E-state index contributed by atoms with van der Waals surface area (Å²) in [7, 11) is 0. The molecule has 8 nitrogen and oxygen atoms in total. The van der Waals surface area contributed by atoms with Crippen molar-refractivity contribution in [1.29, 1.82) is 0 Å². The van der Waals surface area contributed by atoms with E-state index in [1.165, 1.54) is 17.6 Å². The second-order valence-corrected chi connectivity index (χ2v) is 13.0. The highest BCUT2D eigenvalue weighted by Gasteiger charge is 2.14. The molecule has 47 heavy (non-hydrogen) atoms. The first kappa shape index (κ1) is 37.1. The molecule has 1 atom stereocenters. The standard InChI is InChI=1S/C28H33NO5.C10H15NOS/c1-6-21(32-23-12-14-25(15-13-23)34-28(3,4)5)18-31-22-8-10-24(11-9-22)33-27(30)20-7-16-26(29)19(2)17-20;1-3-13-12-7-9-4-5-10(11)8(2)6-9/h7-17,21H,6,18,29H2,1-5H3;4-6H,3,7,11H2,1-2H3. The summed E-state index contributed by atoms with van der Waals surface area (Å²) in [5.41, 5.74) is 16.3. The smallest absolute Gasteiger partial charge is 0.343 e. The lowest BCUT2D eigenvalue weighted by atomic mass is 10.1. The molecule has 0 aliphatic heterocycles. The maximum atomic E-state index is 12.4. The number of rotatable bonds is 13. The van der Waals surface area contributed by atoms with Crippen molar-refractivity contribution in [3.05, 3.63) is 107 Å². The van der Waals surface area contributed by atoms with Crippen molar-refractivity contribution in [1.82, 2.24) is 0 Å². The molecule has 4 aromatic rings. The van der Waals surface area contributed by atoms with Crippen LogP contribution in [-0.4, -0.2) is 30.0 Å². The lowest BCUT2D eigenvalue weighted by Crippen LogP contribution is -2.24. The van der Waals surface area contributed by atoms with E-state index in [2.05, 4.69) is 13.0 Å². The van der Waals surface area contributed by atoms with Crippen LogP contribution in [0.15, 0.2) is 84.9 Å². The molecule has 252 valence electrons. The summed E-state index contributed by atoms with van der Waals surface area (Å²) >= 11 is 1.48. The van der Waals surface area contributed by atoms with Crippen LogP contribution in [0.2, 0.25) is 0 Å². The molecule has 0 amide bonds. The monoisotopic (exact) mass is 660 g/mol. The Morgan fingerprint density at radius 3 is 1.91 bits per heavy atom. The van der Waals surface area contributed by atoms with E-state index >= 15 is 0 Å². The zero-order valence-electron chi connectivity index (χ0n) is 28.5. The number of ether oxygens (including phenoxy) is 4. The van der Waals surface area contributed by atoms with E-state index in [0.717, 1.165) is 40.5 Å². The molecule has 0 radical (unpaired) electrons. The van der Waals surface area contributed by atoms with Crippen LogP contribution < -0.4 is 30.4 Å². The van der Waals surface area contributed by atoms with Gasteiger partial charge in [0.05, 0.1) is 12.2 Å². The van der Waals surface area contributed by atoms with Crippen molar-refractivity contribution >= 4 is 29.4 Å². The summed E-state index contributed by atoms with van der Waals surface area (Å²) in [5.74, 6) is 3.21. The minimum Gasteiger partial charge on any atom is -0.490 e. The van der Waals surface area contributed by atoms with Gasteiger partial charge in [-0.05, 0) is 143 Å². The molecule has 4 N–H and O–H groups in total. The van der Waals surface area contributed by atoms with Gasteiger partial charge in [0, 0.05) is 17.1 Å². The average molecular weight is 661 g/mol. The highest BCUT2D eigenvalue weighted by Crippen LogP contribution is 2.24. The molecule has 4 rings (SSSR count). The van der Waals surface area contributed by atoms with Crippen LogP contribution in [0.5, 0.6) is 23.0 Å². The van der Waals surface area contributed by atoms with Gasteiger partial charge >= 0.3 is 5.97 Å². The number of benzene rings is 4. The zero-order chi connectivity index (χ0) is 34.4. The molecule has 0 spiro atoms. The molecule has 0 saturated carbocycles. The topological polar surface area (TPSA) is 115 Å². The highest BCUT2D eigenvalue weighted by molar-refractivity contribution is 7.94. The third-order valence-electron chi connectivity index (χ3n) is 6.74. The average Bonchev–Trinajstić information content (AvgIpc) is 3.03. The fourth-order valence-electron chi connectivity index (χ4n) is 4.15. The van der Waals surface area contributed by atoms with E-state index in [4.69, 9.17) is 34.6 Å². The number of hydrogen-bond donors (Lipinski definition) is 2. The number of esters is 1. The summed E-state index contributed by atoms with van der Waals surface area (Å²) in [6.07, 6.45) is 0.678. The summed E-state index contributed by atoms with van der Waals surface area (Å²) < 4.78 is 28.6. The van der Waals surface area contributed by atoms with Crippen molar-refractivity contribution in [3.63, 3.8) is 0 Å². The minimum absolute atomic E-state index is 0.111. The van der Waals surface area contributed by atoms with Gasteiger partial charge in [-0.3, -0.25) is 0 Å². The molecule has 0 bridgehead atoms. The van der Waals surface area contributed by atoms with Crippen molar-refractivity contribution < 1.29 is 27.9 Å². The van der Waals surface area contributed by atoms with Crippen molar-refractivity contribution in [2.24, 2.45) is 0 Å². The van der Waals surface area contributed by atoms with Crippen LogP contribution in [0.4, 0.5) is 11.4 Å². The van der Waals surface area contributed by atoms with E-state index in [1.807, 2.05) is 77.9 Å². The van der Waals surface area contributed by atoms with E-state index < -0.39 is 5.97 Å². The predicted molar refractivity (Wildman–Crippen MR) is 193 cm³/mol. The number of carbonyl (C=O) groups is 1. The third kappa shape index (κ3) is 13.1. The van der Waals surface area contributed by atoms with Gasteiger partial charge in [-0.15, -0.1) is 0 Å². The van der Waals surface area contributed by atoms with Gasteiger partial charge in [0.1, 0.15) is 41.3 Å². The molecular weight excluding hydrogens is 612 g/mol. The second kappa shape index (κ2) is 18.1. The maximum absolute atomic E-state index is 12.4. The van der Waals surface area contributed by atoms with Crippen LogP contribution in [0.3, 0.4) is 0 Å². The Morgan fingerprint density at radius 1 is 0.766 bits per heavy atom. The lowest BCUT2D eigenvalue weighted by Gasteiger charge is -2.22. The quantitative estimate of drug-likeness (QED) is 0.0477. The molecule has 0 aromatic heterocycles. The number of nitrogens with two attached hydrogens (primary N) is 2. The third-order valence-corrected chi connectivity index (χ3v) is 7.26. The number of carbonyl (C=O) groups excluding carboxylic acids is 1. The number of hydrogen-bond acceptors (Lipinski definition) is 9. The Labute approximate surface area is 283 Å². The van der Waals surface area contributed by atoms with Gasteiger partial charge in [0.15, 0.2) is 0 Å². The fourth-order valence-corrected chi connectivity index (χ4v) is 4.54. The molecule has 4 aromatic carbocycles. The molecular formula is C38H48N2O6S. The molecule has 1 unspecified atom stereocenters. The van der Waals surface area contributed by atoms with Gasteiger partial charge in [-0.1, -0.05) is 26.0 Å². The summed E-state index contributed by atoms with van der Waals surface area (Å²) in [5, 5.41) is 0. The molecule has 0 aliphatic rings. The first-order valence-corrected chi connectivity index (χ1v) is 16.6. The van der Waals surface area contributed by atoms with Gasteiger partial charge in [-0.2, -0.15) is 0 Å². The first-order chi connectivity index (χ1) is 22.4. The Balaban J connectivity index is 0.000000386. The zero-order valence-corrected chi connectivity index (χ0v) is 29.3. The maximum Gasteiger partial charge on any atom is 0.343 e. The van der Waals surface area contributed by atoms with Crippen molar-refractivity contribution in [3.8, 4) is 23.0 Å². The number of anilines is 2. The lowest BCUT2D eigenvalue weighted by molar-refractivity contribution is 0.0734. The highest BCUT2D eigenvalue weighted by atomic mass is 32.2. The predicted octanol–water partition coefficient (Wildman–Crippen LogP) is 8.97. The minimum atomic E-state index is -0.435. The Bertz CT molecular complexity index is 1550. The molecule has 0 fully saturated rings. The number of aryl methyl sites for hydroxylation is 2. The number of nitrogen functional groups attached to an aromatic ring is 2. The van der Waals surface area contributed by atoms with Crippen LogP contribution in [-0.2, 0) is 10.8 Å². The molecule has 9 heteroatoms. The van der Waals surface area contributed by atoms with Crippen LogP contribution in [0, 0.1) is 13.8 Å². The van der Waals surface area contributed by atoms with Crippen LogP contribution in [0.1, 0.15) is 68.1 Å². The Kier molecular flexibility index (Phi) is 14.3. The molecule has 0 heterocycles. The summed E-state index contributed by atoms with van der Waals surface area (Å²) in [6.45, 7) is 15.1. The summed E-state index contributed by atoms with van der Waals surface area (Å²) in [6, 6.07) is 25.6. The van der Waals surface area contributed by atoms with Gasteiger partial charge in [0.2, 0.25) is 0 Å². The van der Waals surface area contributed by atoms with Gasteiger partial charge in [0.25, 0.3) is 0 Å². The normalized spacial score (nSPS) is 11.6. The Hall–Kier alpha value is -4.34. The first-order valence-electron chi connectivity index (χ1n) is 15.7. The van der Waals surface area contributed by atoms with E-state index in [1.54, 1.807) is 42.5 Å². The summed E-state index contributed by atoms with van der Waals surface area (Å²) in [4.78, 5) is 12.4. The Morgan fingerprint density at radius 2 is 1.34 bits per heavy atom. The van der Waals surface area contributed by atoms with Crippen molar-refractivity contribution in [2.45, 2.75) is 73.2 Å². The van der Waals surface area contributed by atoms with Gasteiger partial charge < -0.3 is 34.6 Å². The van der Waals surface area contributed by atoms with Gasteiger partial charge in [-0.25, -0.2) is 4.79 Å². The van der Waals surface area contributed by atoms with Crippen LogP contribution >= 0.6 is 12.0 Å². The van der Waals surface area contributed by atoms with Crippen molar-refractivity contribution in [2.75, 3.05) is 23.8 Å². The fraction of sp³-hybridized carbons (Fsp3) is 0.342. The molecule has 0 saturated heterocycles. The molecule has 0 aliphatic carbocycles. The van der Waals surface area contributed by atoms with Crippen LogP contribution in [0.25, 0.3) is 0 Å². The van der Waals surface area contributed by atoms with E-state index in [-0.39, 0.29) is 11.7 Å².